The first-order chi connectivity index (χ1) is 8.79. The van der Waals surface area contributed by atoms with E-state index in [4.69, 9.17) is 0 Å². The third kappa shape index (κ3) is 2.56. The van der Waals surface area contributed by atoms with Gasteiger partial charge in [-0.15, -0.1) is 0 Å². The molecule has 2 aromatic rings. The summed E-state index contributed by atoms with van der Waals surface area (Å²) in [5.74, 6) is -0.619. The van der Waals surface area contributed by atoms with E-state index in [1.807, 2.05) is 0 Å². The van der Waals surface area contributed by atoms with Gasteiger partial charge in [-0.2, -0.15) is 13.2 Å². The molecule has 0 aliphatic rings. The molecule has 19 heavy (non-hydrogen) atoms. The second-order valence-electron chi connectivity index (χ2n) is 3.65. The van der Waals surface area contributed by atoms with Crippen molar-refractivity contribution in [3.8, 4) is 5.69 Å². The summed E-state index contributed by atoms with van der Waals surface area (Å²) >= 11 is 0. The average molecular weight is 274 g/mol. The van der Waals surface area contributed by atoms with Crippen LogP contribution >= 0.6 is 0 Å². The zero-order chi connectivity index (χ0) is 14.2. The maximum atomic E-state index is 12.7. The van der Waals surface area contributed by atoms with Gasteiger partial charge >= 0.3 is 11.7 Å². The molecule has 0 fully saturated rings. The van der Waals surface area contributed by atoms with E-state index in [2.05, 4.69) is 0 Å². The number of halogens is 4. The maximum Gasteiger partial charge on any atom is 0.432 e. The van der Waals surface area contributed by atoms with Gasteiger partial charge in [0.2, 0.25) is 5.43 Å². The Morgan fingerprint density at radius 2 is 1.63 bits per heavy atom. The number of rotatable bonds is 1. The molecule has 0 unspecified atom stereocenters. The van der Waals surface area contributed by atoms with Gasteiger partial charge in [0.25, 0.3) is 0 Å². The number of alkyl halides is 3. The number of benzene rings is 1. The van der Waals surface area contributed by atoms with Crippen molar-refractivity contribution < 1.29 is 17.6 Å². The highest BCUT2D eigenvalue weighted by Crippen LogP contribution is 2.26. The Bertz CT molecular complexity index is 713. The summed E-state index contributed by atoms with van der Waals surface area (Å²) in [6.45, 7) is 0. The predicted molar refractivity (Wildman–Crippen MR) is 57.6 cm³/mol. The fourth-order valence-corrected chi connectivity index (χ4v) is 1.42. The van der Waals surface area contributed by atoms with Crippen LogP contribution in [0.4, 0.5) is 17.6 Å². The molecule has 1 heterocycles. The summed E-state index contributed by atoms with van der Waals surface area (Å²) in [5.41, 5.74) is -3.92. The van der Waals surface area contributed by atoms with Crippen LogP contribution in [0.5, 0.6) is 0 Å². The molecule has 0 saturated carbocycles. The molecular formula is C11H6F4N2O2. The van der Waals surface area contributed by atoms with E-state index in [1.54, 1.807) is 5.10 Å². The van der Waals surface area contributed by atoms with Crippen molar-refractivity contribution in [1.29, 1.82) is 0 Å². The van der Waals surface area contributed by atoms with Crippen molar-refractivity contribution >= 4 is 0 Å². The molecule has 0 saturated heterocycles. The third-order valence-electron chi connectivity index (χ3n) is 2.31. The lowest BCUT2D eigenvalue weighted by molar-refractivity contribution is -0.142. The second kappa shape index (κ2) is 4.38. The van der Waals surface area contributed by atoms with E-state index in [9.17, 15) is 27.2 Å². The lowest BCUT2D eigenvalue weighted by atomic mass is 10.3. The van der Waals surface area contributed by atoms with Gasteiger partial charge in [-0.25, -0.2) is 9.07 Å². The Kier molecular flexibility index (Phi) is 3.01. The average Bonchev–Trinajstić information content (AvgIpc) is 2.32. The minimum atomic E-state index is -4.80. The minimum absolute atomic E-state index is 0.0744. The first kappa shape index (κ1) is 13.1. The quantitative estimate of drug-likeness (QED) is 0.635. The summed E-state index contributed by atoms with van der Waals surface area (Å²) in [6.07, 6.45) is -4.80. The summed E-state index contributed by atoms with van der Waals surface area (Å²) in [4.78, 5) is 22.7. The monoisotopic (exact) mass is 274 g/mol. The van der Waals surface area contributed by atoms with Crippen molar-refractivity contribution in [1.82, 2.24) is 9.78 Å². The standard InChI is InChI=1S/C11H6F4N2O2/c12-6-1-3-7(4-2-6)17-10(19)8(18)5-9(16-17)11(13,14)15/h1-5,16H. The van der Waals surface area contributed by atoms with Crippen molar-refractivity contribution in [2.24, 2.45) is 0 Å². The summed E-state index contributed by atoms with van der Waals surface area (Å²) in [7, 11) is 0. The van der Waals surface area contributed by atoms with Gasteiger partial charge in [-0.1, -0.05) is 0 Å². The SMILES string of the molecule is O=c1cc(C(F)(F)F)[nH]n(-c2ccc(F)cc2)c1=O. The smallest absolute Gasteiger partial charge is 0.286 e. The van der Waals surface area contributed by atoms with Gasteiger partial charge in [0, 0.05) is 6.07 Å². The number of nitrogens with zero attached hydrogens (tertiary/aromatic N) is 1. The van der Waals surface area contributed by atoms with Crippen LogP contribution in [0, 0.1) is 5.82 Å². The highest BCUT2D eigenvalue weighted by atomic mass is 19.4. The Hall–Kier alpha value is -2.38. The molecule has 0 amide bonds. The molecular weight excluding hydrogens is 268 g/mol. The number of aromatic amines is 1. The van der Waals surface area contributed by atoms with E-state index >= 15 is 0 Å². The summed E-state index contributed by atoms with van der Waals surface area (Å²) in [5, 5.41) is 1.79. The Morgan fingerprint density at radius 3 is 2.16 bits per heavy atom. The van der Waals surface area contributed by atoms with E-state index in [-0.39, 0.29) is 11.8 Å². The molecule has 4 nitrogen and oxygen atoms in total. The molecule has 1 aromatic heterocycles. The van der Waals surface area contributed by atoms with Crippen LogP contribution in [0.3, 0.4) is 0 Å². The molecule has 0 spiro atoms. The number of H-pyrrole nitrogens is 1. The predicted octanol–water partition coefficient (Wildman–Crippen LogP) is 1.68. The maximum absolute atomic E-state index is 12.7. The van der Waals surface area contributed by atoms with E-state index < -0.39 is 28.7 Å². The molecule has 0 bridgehead atoms. The van der Waals surface area contributed by atoms with Crippen LogP contribution in [0.25, 0.3) is 5.69 Å². The fourth-order valence-electron chi connectivity index (χ4n) is 1.42. The van der Waals surface area contributed by atoms with Crippen molar-refractivity contribution in [2.45, 2.75) is 6.18 Å². The number of nitrogens with one attached hydrogen (secondary N) is 1. The van der Waals surface area contributed by atoms with Gasteiger partial charge in [0.1, 0.15) is 11.5 Å². The number of aromatic nitrogens is 2. The molecule has 0 aliphatic carbocycles. The zero-order valence-electron chi connectivity index (χ0n) is 9.16. The van der Waals surface area contributed by atoms with Crippen LogP contribution in [-0.4, -0.2) is 9.78 Å². The molecule has 100 valence electrons. The first-order valence-corrected chi connectivity index (χ1v) is 4.98. The molecule has 1 N–H and O–H groups in total. The van der Waals surface area contributed by atoms with Gasteiger partial charge in [-0.3, -0.25) is 14.7 Å². The normalized spacial score (nSPS) is 11.6. The third-order valence-corrected chi connectivity index (χ3v) is 2.31. The summed E-state index contributed by atoms with van der Waals surface area (Å²) < 4.78 is 50.7. The van der Waals surface area contributed by atoms with Gasteiger partial charge < -0.3 is 0 Å². The fraction of sp³-hybridized carbons (Fsp3) is 0.0909. The van der Waals surface area contributed by atoms with Gasteiger partial charge in [0.05, 0.1) is 5.69 Å². The van der Waals surface area contributed by atoms with Gasteiger partial charge in [-0.05, 0) is 24.3 Å². The zero-order valence-corrected chi connectivity index (χ0v) is 9.16. The summed E-state index contributed by atoms with van der Waals surface area (Å²) in [6, 6.07) is 4.25. The van der Waals surface area contributed by atoms with Crippen LogP contribution in [0.1, 0.15) is 5.69 Å². The molecule has 1 aromatic carbocycles. The first-order valence-electron chi connectivity index (χ1n) is 4.98. The van der Waals surface area contributed by atoms with E-state index in [1.165, 1.54) is 0 Å². The Labute approximate surface area is 102 Å². The van der Waals surface area contributed by atoms with Crippen molar-refractivity contribution in [3.63, 3.8) is 0 Å². The highest BCUT2D eigenvalue weighted by Gasteiger charge is 2.33. The van der Waals surface area contributed by atoms with Crippen LogP contribution in [-0.2, 0) is 6.18 Å². The van der Waals surface area contributed by atoms with Crippen molar-refractivity contribution in [2.75, 3.05) is 0 Å². The number of hydrogen-bond acceptors (Lipinski definition) is 2. The molecule has 0 radical (unpaired) electrons. The van der Waals surface area contributed by atoms with E-state index in [0.29, 0.717) is 4.68 Å². The molecule has 8 heteroatoms. The van der Waals surface area contributed by atoms with Gasteiger partial charge in [0.15, 0.2) is 0 Å². The van der Waals surface area contributed by atoms with Crippen LogP contribution < -0.4 is 11.0 Å². The number of hydrogen-bond donors (Lipinski definition) is 1. The van der Waals surface area contributed by atoms with E-state index in [0.717, 1.165) is 24.3 Å². The van der Waals surface area contributed by atoms with Crippen LogP contribution in [0.2, 0.25) is 0 Å². The largest absolute Gasteiger partial charge is 0.432 e. The molecule has 2 rings (SSSR count). The molecule has 0 aliphatic heterocycles. The minimum Gasteiger partial charge on any atom is -0.286 e. The second-order valence-corrected chi connectivity index (χ2v) is 3.65. The highest BCUT2D eigenvalue weighted by molar-refractivity contribution is 5.30. The lowest BCUT2D eigenvalue weighted by Crippen LogP contribution is -2.36. The Balaban J connectivity index is 2.70. The lowest BCUT2D eigenvalue weighted by Gasteiger charge is -2.10. The molecule has 0 atom stereocenters. The van der Waals surface area contributed by atoms with Crippen molar-refractivity contribution in [3.05, 3.63) is 62.4 Å². The Morgan fingerprint density at radius 1 is 1.05 bits per heavy atom. The van der Waals surface area contributed by atoms with Crippen LogP contribution in [0.15, 0.2) is 39.9 Å². The topological polar surface area (TPSA) is 54.9 Å².